The lowest BCUT2D eigenvalue weighted by Crippen LogP contribution is -2.14. The predicted molar refractivity (Wildman–Crippen MR) is 95.9 cm³/mol. The van der Waals surface area contributed by atoms with Crippen LogP contribution < -0.4 is 0 Å². The van der Waals surface area contributed by atoms with Crippen LogP contribution in [0.2, 0.25) is 0 Å². The highest BCUT2D eigenvalue weighted by atomic mass is 32.2. The molecule has 1 aromatic heterocycles. The van der Waals surface area contributed by atoms with Crippen LogP contribution in [-0.2, 0) is 16.1 Å². The Morgan fingerprint density at radius 1 is 1.28 bits per heavy atom. The second-order valence-corrected chi connectivity index (χ2v) is 6.80. The molecule has 0 spiro atoms. The smallest absolute Gasteiger partial charge is 0.341 e. The molecule has 0 unspecified atom stereocenters. The molecule has 1 aliphatic heterocycles. The lowest BCUT2D eigenvalue weighted by Gasteiger charge is -2.16. The maximum atomic E-state index is 12.6. The average molecular weight is 357 g/mol. The van der Waals surface area contributed by atoms with Gasteiger partial charge in [0.05, 0.1) is 29.1 Å². The topological polar surface area (TPSA) is 65.5 Å². The number of carbonyl (C=O) groups excluding carboxylic acids is 2. The van der Waals surface area contributed by atoms with Crippen LogP contribution in [0.15, 0.2) is 29.2 Å². The lowest BCUT2D eigenvalue weighted by atomic mass is 9.93. The average Bonchev–Trinajstić information content (AvgIpc) is 2.95. The second kappa shape index (κ2) is 7.27. The number of nitrogens with zero attached hydrogens (tertiary/aromatic N) is 1. The summed E-state index contributed by atoms with van der Waals surface area (Å²) in [4.78, 5) is 30.4. The monoisotopic (exact) mass is 357 g/mol. The van der Waals surface area contributed by atoms with Crippen molar-refractivity contribution in [3.05, 3.63) is 46.8 Å². The summed E-state index contributed by atoms with van der Waals surface area (Å²) in [5.41, 5.74) is 3.23. The molecule has 6 heteroatoms. The van der Waals surface area contributed by atoms with Crippen molar-refractivity contribution in [1.29, 1.82) is 0 Å². The molecule has 1 aromatic carbocycles. The maximum absolute atomic E-state index is 12.6. The first kappa shape index (κ1) is 17.5. The number of fused-ring (bicyclic) bond motifs is 1. The highest BCUT2D eigenvalue weighted by Gasteiger charge is 2.33. The summed E-state index contributed by atoms with van der Waals surface area (Å²) in [6, 6.07) is 7.74. The Morgan fingerprint density at radius 3 is 2.76 bits per heavy atom. The molecule has 0 saturated carbocycles. The van der Waals surface area contributed by atoms with Crippen LogP contribution in [0.4, 0.5) is 0 Å². The van der Waals surface area contributed by atoms with E-state index >= 15 is 0 Å². The van der Waals surface area contributed by atoms with E-state index in [4.69, 9.17) is 9.47 Å². The summed E-state index contributed by atoms with van der Waals surface area (Å²) in [5.74, 6) is -0.0386. The molecule has 0 fully saturated rings. The molecule has 1 aliphatic rings. The van der Waals surface area contributed by atoms with Crippen LogP contribution >= 0.6 is 11.8 Å². The lowest BCUT2D eigenvalue weighted by molar-refractivity contribution is 0.0523. The summed E-state index contributed by atoms with van der Waals surface area (Å²) in [6.45, 7) is 5.96. The number of esters is 2. The van der Waals surface area contributed by atoms with Gasteiger partial charge in [-0.05, 0) is 31.2 Å². The summed E-state index contributed by atoms with van der Waals surface area (Å²) >= 11 is 1.66. The number of hydrogen-bond donors (Lipinski definition) is 0. The number of ether oxygens (including phenoxy) is 2. The van der Waals surface area contributed by atoms with E-state index in [2.05, 4.69) is 11.9 Å². The molecule has 0 saturated heterocycles. The number of pyridine rings is 1. The van der Waals surface area contributed by atoms with E-state index < -0.39 is 11.9 Å². The molecule has 0 radical (unpaired) electrons. The van der Waals surface area contributed by atoms with Crippen molar-refractivity contribution >= 4 is 23.7 Å². The van der Waals surface area contributed by atoms with Gasteiger partial charge >= 0.3 is 11.9 Å². The van der Waals surface area contributed by atoms with Crippen LogP contribution in [0.3, 0.4) is 0 Å². The van der Waals surface area contributed by atoms with Crippen molar-refractivity contribution in [1.82, 2.24) is 4.98 Å². The zero-order valence-electron chi connectivity index (χ0n) is 14.4. The fraction of sp³-hybridized carbons (Fsp3) is 0.316. The molecule has 130 valence electrons. The van der Waals surface area contributed by atoms with Gasteiger partial charge in [0.1, 0.15) is 6.61 Å². The quantitative estimate of drug-likeness (QED) is 0.595. The van der Waals surface area contributed by atoms with Crippen molar-refractivity contribution < 1.29 is 19.1 Å². The van der Waals surface area contributed by atoms with Crippen LogP contribution in [0, 0.1) is 6.92 Å². The molecule has 0 amide bonds. The zero-order valence-corrected chi connectivity index (χ0v) is 15.2. The van der Waals surface area contributed by atoms with Gasteiger partial charge in [0.25, 0.3) is 0 Å². The molecule has 25 heavy (non-hydrogen) atoms. The van der Waals surface area contributed by atoms with Gasteiger partial charge in [-0.25, -0.2) is 9.59 Å². The van der Waals surface area contributed by atoms with Crippen molar-refractivity contribution in [3.8, 4) is 11.1 Å². The summed E-state index contributed by atoms with van der Waals surface area (Å²) in [5, 5.41) is 0. The number of cyclic esters (lactones) is 1. The van der Waals surface area contributed by atoms with E-state index in [1.54, 1.807) is 25.6 Å². The van der Waals surface area contributed by atoms with Gasteiger partial charge in [0, 0.05) is 10.5 Å². The fourth-order valence-electron chi connectivity index (χ4n) is 2.97. The Bertz CT molecular complexity index is 848. The molecule has 2 aromatic rings. The van der Waals surface area contributed by atoms with Crippen molar-refractivity contribution in [2.75, 3.05) is 12.4 Å². The number of aromatic nitrogens is 1. The van der Waals surface area contributed by atoms with Crippen LogP contribution in [-0.4, -0.2) is 29.3 Å². The number of carbonyl (C=O) groups is 2. The van der Waals surface area contributed by atoms with Gasteiger partial charge in [0.2, 0.25) is 0 Å². The third kappa shape index (κ3) is 3.14. The Hall–Kier alpha value is -2.34. The normalized spacial score (nSPS) is 12.7. The minimum atomic E-state index is -0.471. The molecule has 0 aliphatic carbocycles. The molecular weight excluding hydrogens is 338 g/mol. The number of rotatable bonds is 5. The molecule has 0 bridgehead atoms. The standard InChI is InChI=1S/C19H19NO4S/c1-4-23-18(21)15-11(3)20-13-10-24-19(22)17(13)16(15)12-8-6-7-9-14(12)25-5-2/h6-9H,4-5,10H2,1-3H3. The summed E-state index contributed by atoms with van der Waals surface area (Å²) in [6.07, 6.45) is 0. The maximum Gasteiger partial charge on any atom is 0.341 e. The van der Waals surface area contributed by atoms with Gasteiger partial charge in [-0.1, -0.05) is 25.1 Å². The Kier molecular flexibility index (Phi) is 5.08. The van der Waals surface area contributed by atoms with E-state index in [0.717, 1.165) is 16.2 Å². The third-order valence-electron chi connectivity index (χ3n) is 3.93. The molecule has 0 N–H and O–H groups in total. The highest BCUT2D eigenvalue weighted by Crippen LogP contribution is 2.39. The van der Waals surface area contributed by atoms with Crippen LogP contribution in [0.25, 0.3) is 11.1 Å². The van der Waals surface area contributed by atoms with Gasteiger partial charge < -0.3 is 9.47 Å². The van der Waals surface area contributed by atoms with E-state index in [0.29, 0.717) is 28.1 Å². The first-order valence-electron chi connectivity index (χ1n) is 8.18. The SMILES string of the molecule is CCOC(=O)c1c(C)nc2c(c1-c1ccccc1SCC)C(=O)OC2. The number of benzene rings is 1. The van der Waals surface area contributed by atoms with Gasteiger partial charge in [-0.15, -0.1) is 11.8 Å². The fourth-order valence-corrected chi connectivity index (χ4v) is 3.78. The largest absolute Gasteiger partial charge is 0.462 e. The Balaban J connectivity index is 2.34. The molecule has 3 rings (SSSR count). The highest BCUT2D eigenvalue weighted by molar-refractivity contribution is 7.99. The van der Waals surface area contributed by atoms with E-state index in [-0.39, 0.29) is 13.2 Å². The molecule has 2 heterocycles. The molecule has 5 nitrogen and oxygen atoms in total. The van der Waals surface area contributed by atoms with Crippen molar-refractivity contribution in [3.63, 3.8) is 0 Å². The summed E-state index contributed by atoms with van der Waals surface area (Å²) < 4.78 is 10.4. The first-order chi connectivity index (χ1) is 12.1. The zero-order chi connectivity index (χ0) is 18.0. The van der Waals surface area contributed by atoms with Crippen molar-refractivity contribution in [2.24, 2.45) is 0 Å². The van der Waals surface area contributed by atoms with Gasteiger partial charge in [-0.2, -0.15) is 0 Å². The molecular formula is C19H19NO4S. The summed E-state index contributed by atoms with van der Waals surface area (Å²) in [7, 11) is 0. The minimum Gasteiger partial charge on any atom is -0.462 e. The predicted octanol–water partition coefficient (Wildman–Crippen LogP) is 4.02. The minimum absolute atomic E-state index is 0.133. The third-order valence-corrected chi connectivity index (χ3v) is 4.89. The van der Waals surface area contributed by atoms with Crippen LogP contribution in [0.5, 0.6) is 0 Å². The first-order valence-corrected chi connectivity index (χ1v) is 9.16. The number of aryl methyl sites for hydroxylation is 1. The second-order valence-electron chi connectivity index (χ2n) is 5.49. The van der Waals surface area contributed by atoms with Crippen LogP contribution in [0.1, 0.15) is 46.0 Å². The Labute approximate surface area is 150 Å². The van der Waals surface area contributed by atoms with E-state index in [1.165, 1.54) is 0 Å². The van der Waals surface area contributed by atoms with Gasteiger partial charge in [-0.3, -0.25) is 4.98 Å². The van der Waals surface area contributed by atoms with Crippen molar-refractivity contribution in [2.45, 2.75) is 32.3 Å². The van der Waals surface area contributed by atoms with E-state index in [9.17, 15) is 9.59 Å². The Morgan fingerprint density at radius 2 is 2.04 bits per heavy atom. The molecule has 0 atom stereocenters. The van der Waals surface area contributed by atoms with E-state index in [1.807, 2.05) is 24.3 Å². The van der Waals surface area contributed by atoms with Gasteiger partial charge in [0.15, 0.2) is 0 Å². The number of thioether (sulfide) groups is 1. The number of hydrogen-bond acceptors (Lipinski definition) is 6.